The molecule has 0 aliphatic carbocycles. The second-order valence-corrected chi connectivity index (χ2v) is 8.66. The van der Waals surface area contributed by atoms with E-state index in [1.165, 1.54) is 0 Å². The summed E-state index contributed by atoms with van der Waals surface area (Å²) in [5, 5.41) is 11.3. The Hall–Kier alpha value is -2.04. The molecule has 0 aromatic heterocycles. The molecule has 0 amide bonds. The summed E-state index contributed by atoms with van der Waals surface area (Å²) >= 11 is 6.16. The smallest absolute Gasteiger partial charge is 0.482 e. The van der Waals surface area contributed by atoms with Crippen molar-refractivity contribution in [3.63, 3.8) is 0 Å². The summed E-state index contributed by atoms with van der Waals surface area (Å²) in [6.45, 7) is 11.3. The minimum atomic E-state index is -5.08. The zero-order valence-electron chi connectivity index (χ0n) is 18.6. The van der Waals surface area contributed by atoms with E-state index in [-0.39, 0.29) is 12.6 Å². The number of hydrogen-bond acceptors (Lipinski definition) is 6. The number of carbonyl (C=O) groups is 2. The lowest BCUT2D eigenvalue weighted by Crippen LogP contribution is -2.49. The molecular formula is C21H30ClF3N2O5. The van der Waals surface area contributed by atoms with Crippen LogP contribution in [-0.4, -0.2) is 66.0 Å². The van der Waals surface area contributed by atoms with Crippen molar-refractivity contribution < 1.29 is 37.3 Å². The molecule has 7 nitrogen and oxygen atoms in total. The third-order valence-corrected chi connectivity index (χ3v) is 4.49. The SMILES string of the molecule is CC[C@H]1CN(Cc2cc(Cl)ccc2OCC(=O)OC(C)(C)C)CCN1.O=C(O)C(F)(F)F. The van der Waals surface area contributed by atoms with Crippen LogP contribution in [0.1, 0.15) is 39.7 Å². The van der Waals surface area contributed by atoms with Crippen molar-refractivity contribution in [3.05, 3.63) is 28.8 Å². The van der Waals surface area contributed by atoms with E-state index in [1.54, 1.807) is 6.07 Å². The van der Waals surface area contributed by atoms with Gasteiger partial charge in [-0.05, 0) is 45.4 Å². The Labute approximate surface area is 190 Å². The number of benzene rings is 1. The Bertz CT molecular complexity index is 769. The van der Waals surface area contributed by atoms with Gasteiger partial charge >= 0.3 is 18.1 Å². The standard InChI is InChI=1S/C19H29ClN2O3.C2HF3O2/c1-5-16-12-22(9-8-21-16)11-14-10-15(20)6-7-17(14)24-13-18(23)25-19(2,3)4;3-2(4,5)1(6)7/h6-7,10,16,21H,5,8-9,11-13H2,1-4H3;(H,6,7)/t16-;/m0./s1. The Balaban J connectivity index is 0.000000633. The molecule has 182 valence electrons. The Morgan fingerprint density at radius 3 is 2.44 bits per heavy atom. The Morgan fingerprint density at radius 2 is 1.91 bits per heavy atom. The number of hydrogen-bond donors (Lipinski definition) is 2. The Morgan fingerprint density at radius 1 is 1.28 bits per heavy atom. The maximum atomic E-state index is 11.9. The quantitative estimate of drug-likeness (QED) is 0.595. The van der Waals surface area contributed by atoms with Crippen molar-refractivity contribution in [1.29, 1.82) is 0 Å². The van der Waals surface area contributed by atoms with Crippen LogP contribution in [-0.2, 0) is 20.9 Å². The van der Waals surface area contributed by atoms with Crippen molar-refractivity contribution in [2.45, 2.75) is 58.5 Å². The van der Waals surface area contributed by atoms with Crippen LogP contribution in [0.25, 0.3) is 0 Å². The number of piperazine rings is 1. The average molecular weight is 483 g/mol. The first-order chi connectivity index (χ1) is 14.7. The number of esters is 1. The van der Waals surface area contributed by atoms with Gasteiger partial charge in [0.05, 0.1) is 0 Å². The second-order valence-electron chi connectivity index (χ2n) is 8.22. The molecule has 1 atom stereocenters. The third-order valence-electron chi connectivity index (χ3n) is 4.26. The molecule has 1 aliphatic heterocycles. The van der Waals surface area contributed by atoms with Gasteiger partial charge in [0.2, 0.25) is 0 Å². The summed E-state index contributed by atoms with van der Waals surface area (Å²) in [6.07, 6.45) is -3.98. The molecule has 0 unspecified atom stereocenters. The fourth-order valence-electron chi connectivity index (χ4n) is 2.87. The van der Waals surface area contributed by atoms with Gasteiger partial charge in [-0.15, -0.1) is 0 Å². The van der Waals surface area contributed by atoms with E-state index in [9.17, 15) is 18.0 Å². The summed E-state index contributed by atoms with van der Waals surface area (Å²) in [7, 11) is 0. The average Bonchev–Trinajstić information content (AvgIpc) is 2.66. The van der Waals surface area contributed by atoms with E-state index in [2.05, 4.69) is 17.1 Å². The molecule has 0 bridgehead atoms. The minimum absolute atomic E-state index is 0.106. The number of carboxylic acids is 1. The number of alkyl halides is 3. The number of halogens is 4. The topological polar surface area (TPSA) is 88.1 Å². The van der Waals surface area contributed by atoms with Crippen LogP contribution in [0.4, 0.5) is 13.2 Å². The van der Waals surface area contributed by atoms with E-state index in [0.717, 1.165) is 38.2 Å². The first-order valence-corrected chi connectivity index (χ1v) is 10.5. The highest BCUT2D eigenvalue weighted by molar-refractivity contribution is 6.30. The normalized spacial score (nSPS) is 17.2. The van der Waals surface area contributed by atoms with Gasteiger partial charge in [-0.2, -0.15) is 13.2 Å². The van der Waals surface area contributed by atoms with Crippen LogP contribution in [0, 0.1) is 0 Å². The molecule has 1 heterocycles. The monoisotopic (exact) mass is 482 g/mol. The van der Waals surface area contributed by atoms with E-state index < -0.39 is 17.7 Å². The van der Waals surface area contributed by atoms with Crippen molar-refractivity contribution >= 4 is 23.5 Å². The van der Waals surface area contributed by atoms with Gasteiger partial charge < -0.3 is 19.9 Å². The molecule has 1 aliphatic rings. The van der Waals surface area contributed by atoms with Crippen LogP contribution in [0.3, 0.4) is 0 Å². The van der Waals surface area contributed by atoms with Crippen molar-refractivity contribution in [2.24, 2.45) is 0 Å². The molecule has 1 aromatic rings. The van der Waals surface area contributed by atoms with Gasteiger partial charge in [-0.1, -0.05) is 18.5 Å². The molecule has 1 saturated heterocycles. The number of aliphatic carboxylic acids is 1. The van der Waals surface area contributed by atoms with E-state index in [0.29, 0.717) is 16.8 Å². The highest BCUT2D eigenvalue weighted by Gasteiger charge is 2.38. The number of nitrogens with one attached hydrogen (secondary N) is 1. The minimum Gasteiger partial charge on any atom is -0.482 e. The summed E-state index contributed by atoms with van der Waals surface area (Å²) in [5.41, 5.74) is 0.479. The third kappa shape index (κ3) is 11.0. The first-order valence-electron chi connectivity index (χ1n) is 10.1. The zero-order valence-corrected chi connectivity index (χ0v) is 19.3. The highest BCUT2D eigenvalue weighted by atomic mass is 35.5. The number of rotatable bonds is 6. The summed E-state index contributed by atoms with van der Waals surface area (Å²) in [4.78, 5) is 23.2. The zero-order chi connectivity index (χ0) is 24.5. The van der Waals surface area contributed by atoms with Gasteiger partial charge in [-0.3, -0.25) is 4.90 Å². The number of carboxylic acid groups (broad SMARTS) is 1. The maximum Gasteiger partial charge on any atom is 0.490 e. The van der Waals surface area contributed by atoms with Gasteiger partial charge in [0.15, 0.2) is 6.61 Å². The molecule has 2 rings (SSSR count). The largest absolute Gasteiger partial charge is 0.490 e. The molecule has 1 aromatic carbocycles. The summed E-state index contributed by atoms with van der Waals surface area (Å²) in [5.74, 6) is -2.45. The number of ether oxygens (including phenoxy) is 2. The summed E-state index contributed by atoms with van der Waals surface area (Å²) in [6, 6.07) is 6.03. The number of carbonyl (C=O) groups excluding carboxylic acids is 1. The molecular weight excluding hydrogens is 453 g/mol. The molecule has 1 fully saturated rings. The van der Waals surface area contributed by atoms with E-state index >= 15 is 0 Å². The Kier molecular flexibility index (Phi) is 10.7. The molecule has 11 heteroatoms. The molecule has 2 N–H and O–H groups in total. The van der Waals surface area contributed by atoms with Crippen LogP contribution < -0.4 is 10.1 Å². The van der Waals surface area contributed by atoms with Crippen LogP contribution in [0.2, 0.25) is 5.02 Å². The van der Waals surface area contributed by atoms with Crippen molar-refractivity contribution in [2.75, 3.05) is 26.2 Å². The maximum absolute atomic E-state index is 11.9. The van der Waals surface area contributed by atoms with Crippen molar-refractivity contribution in [1.82, 2.24) is 10.2 Å². The van der Waals surface area contributed by atoms with E-state index in [1.807, 2.05) is 32.9 Å². The van der Waals surface area contributed by atoms with Gasteiger partial charge in [0.1, 0.15) is 11.4 Å². The predicted molar refractivity (Wildman–Crippen MR) is 114 cm³/mol. The molecule has 0 radical (unpaired) electrons. The second kappa shape index (κ2) is 12.3. The lowest BCUT2D eigenvalue weighted by Gasteiger charge is -2.33. The lowest BCUT2D eigenvalue weighted by atomic mass is 10.1. The van der Waals surface area contributed by atoms with Gasteiger partial charge in [0, 0.05) is 42.8 Å². The predicted octanol–water partition coefficient (Wildman–Crippen LogP) is 3.88. The fraction of sp³-hybridized carbons (Fsp3) is 0.619. The van der Waals surface area contributed by atoms with E-state index in [4.69, 9.17) is 31.0 Å². The molecule has 0 spiro atoms. The van der Waals surface area contributed by atoms with Crippen LogP contribution in [0.15, 0.2) is 18.2 Å². The number of nitrogens with zero attached hydrogens (tertiary/aromatic N) is 1. The summed E-state index contributed by atoms with van der Waals surface area (Å²) < 4.78 is 42.7. The van der Waals surface area contributed by atoms with Crippen LogP contribution >= 0.6 is 11.6 Å². The van der Waals surface area contributed by atoms with Crippen molar-refractivity contribution in [3.8, 4) is 5.75 Å². The lowest BCUT2D eigenvalue weighted by molar-refractivity contribution is -0.192. The van der Waals surface area contributed by atoms with Gasteiger partial charge in [-0.25, -0.2) is 9.59 Å². The highest BCUT2D eigenvalue weighted by Crippen LogP contribution is 2.25. The first kappa shape index (κ1) is 28.0. The van der Waals surface area contributed by atoms with Crippen LogP contribution in [0.5, 0.6) is 5.75 Å². The molecule has 32 heavy (non-hydrogen) atoms. The van der Waals surface area contributed by atoms with Gasteiger partial charge in [0.25, 0.3) is 0 Å². The fourth-order valence-corrected chi connectivity index (χ4v) is 3.07. The molecule has 0 saturated carbocycles.